The normalized spacial score (nSPS) is 15.1. The first-order valence-corrected chi connectivity index (χ1v) is 12.2. The van der Waals surface area contributed by atoms with E-state index >= 15 is 0 Å². The highest BCUT2D eigenvalue weighted by Crippen LogP contribution is 2.38. The Bertz CT molecular complexity index is 1260. The first-order valence-electron chi connectivity index (χ1n) is 10.8. The number of nitrogens with one attached hydrogen (secondary N) is 1. The van der Waals surface area contributed by atoms with E-state index in [1.54, 1.807) is 24.3 Å². The molecule has 0 spiro atoms. The third kappa shape index (κ3) is 4.79. The zero-order chi connectivity index (χ0) is 24.1. The van der Waals surface area contributed by atoms with Crippen LogP contribution in [0.2, 0.25) is 0 Å². The zero-order valence-corrected chi connectivity index (χ0v) is 19.7. The summed E-state index contributed by atoms with van der Waals surface area (Å²) in [5.41, 5.74) is 1.46. The van der Waals surface area contributed by atoms with Crippen molar-refractivity contribution in [2.75, 3.05) is 31.6 Å². The van der Waals surface area contributed by atoms with Crippen molar-refractivity contribution in [3.8, 4) is 17.2 Å². The van der Waals surface area contributed by atoms with Gasteiger partial charge in [-0.25, -0.2) is 8.42 Å². The lowest BCUT2D eigenvalue weighted by molar-refractivity contribution is -0.127. The summed E-state index contributed by atoms with van der Waals surface area (Å²) in [5.74, 6) is 0.652. The molecule has 9 heteroatoms. The number of nitrogens with zero attached hydrogens (tertiary/aromatic N) is 1. The number of hydrogen-bond acceptors (Lipinski definition) is 6. The maximum absolute atomic E-state index is 13.6. The molecule has 34 heavy (non-hydrogen) atoms. The van der Waals surface area contributed by atoms with E-state index in [1.165, 1.54) is 36.7 Å². The van der Waals surface area contributed by atoms with Crippen LogP contribution < -0.4 is 23.8 Å². The molecule has 1 heterocycles. The number of ether oxygens (including phenoxy) is 3. The summed E-state index contributed by atoms with van der Waals surface area (Å²) in [5, 5.41) is 2.85. The monoisotopic (exact) mass is 482 g/mol. The molecule has 3 aromatic rings. The first kappa shape index (κ1) is 23.4. The van der Waals surface area contributed by atoms with Crippen molar-refractivity contribution < 1.29 is 27.4 Å². The van der Waals surface area contributed by atoms with E-state index < -0.39 is 16.1 Å². The van der Waals surface area contributed by atoms with Gasteiger partial charge in [0, 0.05) is 12.6 Å². The summed E-state index contributed by atoms with van der Waals surface area (Å²) in [6.07, 6.45) is -0.343. The quantitative estimate of drug-likeness (QED) is 0.531. The minimum atomic E-state index is -4.03. The SMILES string of the molecule is COc1ccc(S(=O)(=O)N2CC(C(=O)NCCc3ccccc3)Oc3ccccc32)cc1OC. The van der Waals surface area contributed by atoms with Gasteiger partial charge in [0.25, 0.3) is 15.9 Å². The van der Waals surface area contributed by atoms with Crippen LogP contribution in [0.5, 0.6) is 17.2 Å². The van der Waals surface area contributed by atoms with Gasteiger partial charge in [0.05, 0.1) is 31.3 Å². The molecule has 1 N–H and O–H groups in total. The molecule has 1 aliphatic heterocycles. The summed E-state index contributed by atoms with van der Waals surface area (Å²) in [6.45, 7) is 0.248. The van der Waals surface area contributed by atoms with E-state index in [-0.39, 0.29) is 17.3 Å². The molecule has 1 amide bonds. The summed E-state index contributed by atoms with van der Waals surface area (Å²) in [7, 11) is -1.11. The van der Waals surface area contributed by atoms with Gasteiger partial charge in [-0.2, -0.15) is 0 Å². The Hall–Kier alpha value is -3.72. The lowest BCUT2D eigenvalue weighted by Crippen LogP contribution is -2.51. The van der Waals surface area contributed by atoms with E-state index in [2.05, 4.69) is 5.32 Å². The minimum Gasteiger partial charge on any atom is -0.493 e. The van der Waals surface area contributed by atoms with Crippen molar-refractivity contribution in [2.24, 2.45) is 0 Å². The fourth-order valence-corrected chi connectivity index (χ4v) is 5.25. The molecule has 0 aromatic heterocycles. The average molecular weight is 483 g/mol. The predicted octanol–water partition coefficient (Wildman–Crippen LogP) is 3.02. The molecule has 178 valence electrons. The number of fused-ring (bicyclic) bond motifs is 1. The third-order valence-electron chi connectivity index (χ3n) is 5.53. The number of carbonyl (C=O) groups excluding carboxylic acids is 1. The second kappa shape index (κ2) is 10.0. The molecule has 4 rings (SSSR count). The van der Waals surface area contributed by atoms with Gasteiger partial charge in [-0.1, -0.05) is 42.5 Å². The standard InChI is InChI=1S/C25H26N2O6S/c1-31-22-13-12-19(16-23(22)32-2)34(29,30)27-17-24(33-21-11-7-6-10-20(21)27)25(28)26-15-14-18-8-4-3-5-9-18/h3-13,16,24H,14-15,17H2,1-2H3,(H,26,28). The van der Waals surface area contributed by atoms with Gasteiger partial charge in [0.1, 0.15) is 5.75 Å². The molecule has 1 unspecified atom stereocenters. The zero-order valence-electron chi connectivity index (χ0n) is 18.9. The van der Waals surface area contributed by atoms with Gasteiger partial charge in [-0.3, -0.25) is 9.10 Å². The molecule has 3 aromatic carbocycles. The summed E-state index contributed by atoms with van der Waals surface area (Å²) < 4.78 is 44.8. The molecule has 0 saturated heterocycles. The Labute approximate surface area is 199 Å². The molecule has 8 nitrogen and oxygen atoms in total. The molecular weight excluding hydrogens is 456 g/mol. The van der Waals surface area contributed by atoms with E-state index in [9.17, 15) is 13.2 Å². The van der Waals surface area contributed by atoms with Crippen molar-refractivity contribution in [1.82, 2.24) is 5.32 Å². The number of anilines is 1. The van der Waals surface area contributed by atoms with Gasteiger partial charge < -0.3 is 19.5 Å². The largest absolute Gasteiger partial charge is 0.493 e. The van der Waals surface area contributed by atoms with Crippen molar-refractivity contribution in [2.45, 2.75) is 17.4 Å². The summed E-state index contributed by atoms with van der Waals surface area (Å²) in [4.78, 5) is 12.9. The molecule has 0 saturated carbocycles. The second-order valence-electron chi connectivity index (χ2n) is 7.65. The predicted molar refractivity (Wildman–Crippen MR) is 128 cm³/mol. The summed E-state index contributed by atoms with van der Waals surface area (Å²) >= 11 is 0. The van der Waals surface area contributed by atoms with E-state index in [0.29, 0.717) is 35.9 Å². The fraction of sp³-hybridized carbons (Fsp3) is 0.240. The topological polar surface area (TPSA) is 94.2 Å². The lowest BCUT2D eigenvalue weighted by atomic mass is 10.1. The van der Waals surface area contributed by atoms with Crippen LogP contribution in [0.25, 0.3) is 0 Å². The van der Waals surface area contributed by atoms with E-state index in [0.717, 1.165) is 5.56 Å². The average Bonchev–Trinajstić information content (AvgIpc) is 2.88. The smallest absolute Gasteiger partial charge is 0.264 e. The van der Waals surface area contributed by atoms with Gasteiger partial charge in [-0.15, -0.1) is 0 Å². The molecule has 0 aliphatic carbocycles. The molecular formula is C25H26N2O6S. The maximum atomic E-state index is 13.6. The Morgan fingerprint density at radius 1 is 1.00 bits per heavy atom. The molecule has 1 aliphatic rings. The minimum absolute atomic E-state index is 0.0186. The van der Waals surface area contributed by atoms with Crippen LogP contribution in [0.15, 0.2) is 77.7 Å². The highest BCUT2D eigenvalue weighted by Gasteiger charge is 2.37. The van der Waals surface area contributed by atoms with Crippen LogP contribution in [0.4, 0.5) is 5.69 Å². The van der Waals surface area contributed by atoms with Crippen LogP contribution in [0.1, 0.15) is 5.56 Å². The van der Waals surface area contributed by atoms with Crippen LogP contribution in [-0.2, 0) is 21.2 Å². The first-order chi connectivity index (χ1) is 16.4. The van der Waals surface area contributed by atoms with E-state index in [4.69, 9.17) is 14.2 Å². The van der Waals surface area contributed by atoms with Crippen molar-refractivity contribution in [3.63, 3.8) is 0 Å². The van der Waals surface area contributed by atoms with Gasteiger partial charge in [-0.05, 0) is 36.2 Å². The van der Waals surface area contributed by atoms with E-state index in [1.807, 2.05) is 30.3 Å². The summed E-state index contributed by atoms with van der Waals surface area (Å²) in [6, 6.07) is 20.9. The molecule has 1 atom stereocenters. The number of amides is 1. The Kier molecular flexibility index (Phi) is 6.93. The number of benzene rings is 3. The number of hydrogen-bond donors (Lipinski definition) is 1. The number of methoxy groups -OCH3 is 2. The van der Waals surface area contributed by atoms with Crippen LogP contribution in [0, 0.1) is 0 Å². The lowest BCUT2D eigenvalue weighted by Gasteiger charge is -2.34. The highest BCUT2D eigenvalue weighted by atomic mass is 32.2. The maximum Gasteiger partial charge on any atom is 0.264 e. The fourth-order valence-electron chi connectivity index (χ4n) is 3.76. The second-order valence-corrected chi connectivity index (χ2v) is 9.52. The van der Waals surface area contributed by atoms with Crippen molar-refractivity contribution in [3.05, 3.63) is 78.4 Å². The Morgan fingerprint density at radius 3 is 2.44 bits per heavy atom. The van der Waals surface area contributed by atoms with Crippen LogP contribution in [-0.4, -0.2) is 47.7 Å². The van der Waals surface area contributed by atoms with Gasteiger partial charge in [0.2, 0.25) is 0 Å². The Morgan fingerprint density at radius 2 is 1.71 bits per heavy atom. The van der Waals surface area contributed by atoms with Crippen molar-refractivity contribution >= 4 is 21.6 Å². The molecule has 0 bridgehead atoms. The van der Waals surface area contributed by atoms with Crippen LogP contribution in [0.3, 0.4) is 0 Å². The van der Waals surface area contributed by atoms with Gasteiger partial charge in [0.15, 0.2) is 17.6 Å². The number of para-hydroxylation sites is 2. The number of sulfonamides is 1. The molecule has 0 radical (unpaired) electrons. The number of carbonyl (C=O) groups is 1. The third-order valence-corrected chi connectivity index (χ3v) is 7.30. The molecule has 0 fully saturated rings. The highest BCUT2D eigenvalue weighted by molar-refractivity contribution is 7.92. The van der Waals surface area contributed by atoms with Crippen LogP contribution >= 0.6 is 0 Å². The van der Waals surface area contributed by atoms with Gasteiger partial charge >= 0.3 is 0 Å². The Balaban J connectivity index is 1.57. The number of rotatable bonds is 8. The van der Waals surface area contributed by atoms with Crippen molar-refractivity contribution in [1.29, 1.82) is 0 Å².